The van der Waals surface area contributed by atoms with E-state index in [1.165, 1.54) is 25.7 Å². The molecule has 0 spiro atoms. The smallest absolute Gasteiger partial charge is 0.241 e. The van der Waals surface area contributed by atoms with Gasteiger partial charge < -0.3 is 5.32 Å². The van der Waals surface area contributed by atoms with E-state index in [0.717, 1.165) is 13.1 Å². The van der Waals surface area contributed by atoms with Crippen molar-refractivity contribution in [2.45, 2.75) is 38.6 Å². The Morgan fingerprint density at radius 2 is 1.84 bits per heavy atom. The number of amides is 1. The molecular weight excluding hydrogens is 260 g/mol. The average Bonchev–Trinajstić information content (AvgIpc) is 2.69. The molecule has 2 rings (SSSR count). The summed E-state index contributed by atoms with van der Waals surface area (Å²) in [4.78, 5) is 14.5. The van der Waals surface area contributed by atoms with E-state index in [0.29, 0.717) is 10.7 Å². The molecule has 0 aliphatic carbocycles. The number of rotatable bonds is 3. The Kier molecular flexibility index (Phi) is 5.23. The number of nitrogens with zero attached hydrogens (tertiary/aromatic N) is 1. The lowest BCUT2D eigenvalue weighted by Gasteiger charge is -2.26. The molecule has 0 bridgehead atoms. The van der Waals surface area contributed by atoms with Crippen LogP contribution in [0.5, 0.6) is 0 Å². The van der Waals surface area contributed by atoms with Crippen LogP contribution in [0.1, 0.15) is 32.6 Å². The zero-order valence-electron chi connectivity index (χ0n) is 11.4. The van der Waals surface area contributed by atoms with E-state index >= 15 is 0 Å². The minimum atomic E-state index is -0.102. The van der Waals surface area contributed by atoms with Crippen LogP contribution < -0.4 is 5.32 Å². The van der Waals surface area contributed by atoms with Gasteiger partial charge in [-0.05, 0) is 45.0 Å². The molecule has 19 heavy (non-hydrogen) atoms. The molecule has 3 nitrogen and oxygen atoms in total. The maximum absolute atomic E-state index is 12.3. The van der Waals surface area contributed by atoms with Crippen molar-refractivity contribution in [3.05, 3.63) is 29.3 Å². The van der Waals surface area contributed by atoms with Gasteiger partial charge in [0.15, 0.2) is 0 Å². The average molecular weight is 281 g/mol. The zero-order chi connectivity index (χ0) is 13.7. The summed E-state index contributed by atoms with van der Waals surface area (Å²) in [6.07, 6.45) is 4.91. The third-order valence-electron chi connectivity index (χ3n) is 3.70. The second-order valence-electron chi connectivity index (χ2n) is 5.10. The Morgan fingerprint density at radius 3 is 2.47 bits per heavy atom. The van der Waals surface area contributed by atoms with Gasteiger partial charge in [0.2, 0.25) is 5.91 Å². The van der Waals surface area contributed by atoms with Gasteiger partial charge in [-0.1, -0.05) is 36.6 Å². The van der Waals surface area contributed by atoms with E-state index < -0.39 is 0 Å². The molecule has 0 saturated carbocycles. The van der Waals surface area contributed by atoms with E-state index in [1.807, 2.05) is 25.1 Å². The van der Waals surface area contributed by atoms with Gasteiger partial charge in [-0.2, -0.15) is 0 Å². The fourth-order valence-electron chi connectivity index (χ4n) is 2.45. The lowest BCUT2D eigenvalue weighted by molar-refractivity contribution is -0.120. The Hall–Kier alpha value is -1.06. The number of hydrogen-bond donors (Lipinski definition) is 1. The van der Waals surface area contributed by atoms with Crippen molar-refractivity contribution in [1.82, 2.24) is 4.90 Å². The molecular formula is C15H21ClN2O. The van der Waals surface area contributed by atoms with E-state index in [4.69, 9.17) is 11.6 Å². The topological polar surface area (TPSA) is 32.3 Å². The summed E-state index contributed by atoms with van der Waals surface area (Å²) in [5.74, 6) is 0.0231. The lowest BCUT2D eigenvalue weighted by atomic mass is 10.2. The van der Waals surface area contributed by atoms with Crippen LogP contribution in [0.4, 0.5) is 5.69 Å². The highest BCUT2D eigenvalue weighted by atomic mass is 35.5. The van der Waals surface area contributed by atoms with Gasteiger partial charge in [0, 0.05) is 0 Å². The third kappa shape index (κ3) is 3.95. The van der Waals surface area contributed by atoms with Crippen LogP contribution in [-0.4, -0.2) is 29.9 Å². The summed E-state index contributed by atoms with van der Waals surface area (Å²) < 4.78 is 0. The largest absolute Gasteiger partial charge is 0.323 e. The van der Waals surface area contributed by atoms with E-state index in [-0.39, 0.29) is 11.9 Å². The van der Waals surface area contributed by atoms with Crippen molar-refractivity contribution in [3.63, 3.8) is 0 Å². The molecule has 1 aromatic rings. The van der Waals surface area contributed by atoms with Gasteiger partial charge in [-0.3, -0.25) is 9.69 Å². The summed E-state index contributed by atoms with van der Waals surface area (Å²) in [7, 11) is 0. The fourth-order valence-corrected chi connectivity index (χ4v) is 2.63. The second kappa shape index (κ2) is 6.92. The molecule has 0 unspecified atom stereocenters. The number of halogens is 1. The van der Waals surface area contributed by atoms with Crippen LogP contribution in [0.15, 0.2) is 24.3 Å². The minimum Gasteiger partial charge on any atom is -0.323 e. The first-order chi connectivity index (χ1) is 9.18. The quantitative estimate of drug-likeness (QED) is 0.918. The van der Waals surface area contributed by atoms with Crippen LogP contribution in [-0.2, 0) is 4.79 Å². The van der Waals surface area contributed by atoms with Crippen molar-refractivity contribution in [1.29, 1.82) is 0 Å². The maximum atomic E-state index is 12.3. The first-order valence-electron chi connectivity index (χ1n) is 6.98. The first kappa shape index (κ1) is 14.4. The van der Waals surface area contributed by atoms with Crippen molar-refractivity contribution in [3.8, 4) is 0 Å². The number of nitrogens with one attached hydrogen (secondary N) is 1. The molecule has 1 heterocycles. The number of anilines is 1. The van der Waals surface area contributed by atoms with E-state index in [9.17, 15) is 4.79 Å². The Labute approximate surface area is 119 Å². The van der Waals surface area contributed by atoms with Gasteiger partial charge in [-0.15, -0.1) is 0 Å². The Balaban J connectivity index is 1.97. The molecule has 1 N–H and O–H groups in total. The van der Waals surface area contributed by atoms with Crippen molar-refractivity contribution >= 4 is 23.2 Å². The molecule has 0 radical (unpaired) electrons. The summed E-state index contributed by atoms with van der Waals surface area (Å²) in [5, 5.41) is 3.50. The fraction of sp³-hybridized carbons (Fsp3) is 0.533. The van der Waals surface area contributed by atoms with Gasteiger partial charge in [0.05, 0.1) is 16.8 Å². The van der Waals surface area contributed by atoms with Crippen molar-refractivity contribution in [2.24, 2.45) is 0 Å². The van der Waals surface area contributed by atoms with Gasteiger partial charge in [0.1, 0.15) is 0 Å². The molecule has 1 atom stereocenters. The number of carbonyl (C=O) groups is 1. The Morgan fingerprint density at radius 1 is 1.21 bits per heavy atom. The van der Waals surface area contributed by atoms with Gasteiger partial charge in [-0.25, -0.2) is 0 Å². The first-order valence-corrected chi connectivity index (χ1v) is 7.36. The normalized spacial score (nSPS) is 18.6. The molecule has 104 valence electrons. The monoisotopic (exact) mass is 280 g/mol. The number of likely N-dealkylation sites (tertiary alicyclic amines) is 1. The van der Waals surface area contributed by atoms with Crippen molar-refractivity contribution in [2.75, 3.05) is 18.4 Å². The molecule has 1 amide bonds. The SMILES string of the molecule is C[C@@H](C(=O)Nc1ccccc1Cl)N1CCCCCC1. The van der Waals surface area contributed by atoms with Gasteiger partial charge in [0.25, 0.3) is 0 Å². The molecule has 4 heteroatoms. The van der Waals surface area contributed by atoms with Crippen LogP contribution >= 0.6 is 11.6 Å². The standard InChI is InChI=1S/C15H21ClN2O/c1-12(18-10-6-2-3-7-11-18)15(19)17-14-9-5-4-8-13(14)16/h4-5,8-9,12H,2-3,6-7,10-11H2,1H3,(H,17,19)/t12-/m0/s1. The number of carbonyl (C=O) groups excluding carboxylic acids is 1. The molecule has 0 aromatic heterocycles. The van der Waals surface area contributed by atoms with Gasteiger partial charge >= 0.3 is 0 Å². The predicted molar refractivity (Wildman–Crippen MR) is 79.6 cm³/mol. The predicted octanol–water partition coefficient (Wildman–Crippen LogP) is 3.54. The highest BCUT2D eigenvalue weighted by Gasteiger charge is 2.22. The number of benzene rings is 1. The lowest BCUT2D eigenvalue weighted by Crippen LogP contribution is -2.42. The summed E-state index contributed by atoms with van der Waals surface area (Å²) in [6.45, 7) is 3.99. The molecule has 1 aliphatic rings. The maximum Gasteiger partial charge on any atom is 0.241 e. The molecule has 1 aliphatic heterocycles. The number of para-hydroxylation sites is 1. The zero-order valence-corrected chi connectivity index (χ0v) is 12.1. The van der Waals surface area contributed by atoms with Crippen LogP contribution in [0.3, 0.4) is 0 Å². The summed E-state index contributed by atoms with van der Waals surface area (Å²) >= 11 is 6.06. The molecule has 1 saturated heterocycles. The highest BCUT2D eigenvalue weighted by Crippen LogP contribution is 2.21. The van der Waals surface area contributed by atoms with Crippen LogP contribution in [0.2, 0.25) is 5.02 Å². The highest BCUT2D eigenvalue weighted by molar-refractivity contribution is 6.33. The van der Waals surface area contributed by atoms with Crippen LogP contribution in [0, 0.1) is 0 Å². The van der Waals surface area contributed by atoms with Crippen molar-refractivity contribution < 1.29 is 4.79 Å². The van der Waals surface area contributed by atoms with Crippen LogP contribution in [0.25, 0.3) is 0 Å². The molecule has 1 fully saturated rings. The summed E-state index contributed by atoms with van der Waals surface area (Å²) in [5.41, 5.74) is 0.691. The number of hydrogen-bond acceptors (Lipinski definition) is 2. The summed E-state index contributed by atoms with van der Waals surface area (Å²) in [6, 6.07) is 7.24. The Bertz CT molecular complexity index is 428. The van der Waals surface area contributed by atoms with E-state index in [1.54, 1.807) is 6.07 Å². The third-order valence-corrected chi connectivity index (χ3v) is 4.03. The second-order valence-corrected chi connectivity index (χ2v) is 5.50. The van der Waals surface area contributed by atoms with E-state index in [2.05, 4.69) is 10.2 Å². The minimum absolute atomic E-state index is 0.0231. The molecule has 1 aromatic carbocycles.